The van der Waals surface area contributed by atoms with E-state index in [0.29, 0.717) is 76.9 Å². The topological polar surface area (TPSA) is 210 Å². The van der Waals surface area contributed by atoms with Gasteiger partial charge in [-0.1, -0.05) is 38.0 Å². The average Bonchev–Trinajstić information content (AvgIpc) is 4.11. The third kappa shape index (κ3) is 9.40. The molecule has 0 spiro atoms. The number of nitrogens with zero attached hydrogens (tertiary/aromatic N) is 5. The van der Waals surface area contributed by atoms with Crippen LogP contribution in [0.1, 0.15) is 136 Å². The summed E-state index contributed by atoms with van der Waals surface area (Å²) in [5.74, 6) is -1.84. The van der Waals surface area contributed by atoms with Crippen LogP contribution in [-0.2, 0) is 25.6 Å². The summed E-state index contributed by atoms with van der Waals surface area (Å²) in [4.78, 5) is 98.3. The molecule has 3 fully saturated rings. The minimum Gasteiger partial charge on any atom is -0.490 e. The molecular formula is C45H58N8O9. The highest BCUT2D eigenvalue weighted by Gasteiger charge is 2.44. The van der Waals surface area contributed by atoms with Gasteiger partial charge in [0.2, 0.25) is 35.4 Å². The maximum atomic E-state index is 14.7. The first kappa shape index (κ1) is 44.1. The number of allylic oxidation sites excluding steroid dienone is 1. The van der Waals surface area contributed by atoms with E-state index >= 15 is 0 Å². The molecule has 0 radical (unpaired) electrons. The zero-order valence-electron chi connectivity index (χ0n) is 36.4. The molecule has 4 aliphatic heterocycles. The van der Waals surface area contributed by atoms with Gasteiger partial charge in [0, 0.05) is 26.1 Å². The molecule has 17 heteroatoms. The fourth-order valence-electron chi connectivity index (χ4n) is 8.78. The number of nitrogens with one attached hydrogen (secondary N) is 3. The second-order valence-electron chi connectivity index (χ2n) is 17.1. The van der Waals surface area contributed by atoms with Gasteiger partial charge in [-0.2, -0.15) is 0 Å². The van der Waals surface area contributed by atoms with Gasteiger partial charge in [0.25, 0.3) is 11.8 Å². The first-order chi connectivity index (χ1) is 29.7. The van der Waals surface area contributed by atoms with Crippen LogP contribution in [-0.4, -0.2) is 111 Å². The third-order valence-corrected chi connectivity index (χ3v) is 12.5. The highest BCUT2D eigenvalue weighted by Crippen LogP contribution is 2.34. The number of carbonyl (C=O) groups excluding carboxylic acids is 6. The Morgan fingerprint density at radius 2 is 1.47 bits per heavy atom. The van der Waals surface area contributed by atoms with Crippen molar-refractivity contribution in [3.8, 4) is 5.75 Å². The first-order valence-electron chi connectivity index (χ1n) is 21.8. The summed E-state index contributed by atoms with van der Waals surface area (Å²) in [6.07, 6.45) is 7.07. The number of rotatable bonds is 7. The summed E-state index contributed by atoms with van der Waals surface area (Å²) >= 11 is 0. The largest absolute Gasteiger partial charge is 0.490 e. The Morgan fingerprint density at radius 1 is 0.823 bits per heavy atom. The molecule has 7 rings (SSSR count). The summed E-state index contributed by atoms with van der Waals surface area (Å²) in [5, 5.41) is 8.74. The molecule has 0 aliphatic carbocycles. The number of fused-ring (bicyclic) bond motifs is 8. The van der Waals surface area contributed by atoms with Crippen LogP contribution >= 0.6 is 0 Å². The van der Waals surface area contributed by atoms with E-state index in [4.69, 9.17) is 13.6 Å². The SMILES string of the molecule is CCC(C)C1NC(=O)C2CCCN2C(=O)C2CCCN2C(=O)C(C)NC(=O)c2coc(n2)C2CCCN2C(=O)C(Cc2ccc(OCC=C(C)C)cc2)NC(=O)c2nc1oc2C. The first-order valence-corrected chi connectivity index (χ1v) is 21.8. The Balaban J connectivity index is 1.23. The Hall–Kier alpha value is -6.00. The summed E-state index contributed by atoms with van der Waals surface area (Å²) < 4.78 is 17.8. The number of benzene rings is 1. The third-order valence-electron chi connectivity index (χ3n) is 12.5. The number of hydrogen-bond acceptors (Lipinski definition) is 11. The highest BCUT2D eigenvalue weighted by atomic mass is 16.5. The standard InChI is InChI=1S/C45H58N8O9/c1-7-26(4)36-42-50-37(28(6)62-42)40(56)47-31(23-29-14-16-30(17-15-29)60-22-18-25(2)3)44(58)52-20-9-12-34(52)41-48-32(24-61-41)38(54)46-27(5)43(57)53-21-10-13-35(53)45(59)51-19-8-11-33(51)39(55)49-36/h14-18,24,26-27,31,33-36H,7-13,19-23H2,1-6H3,(H,46,54)(H,47,56)(H,49,55). The van der Waals surface area contributed by atoms with Crippen LogP contribution in [0.25, 0.3) is 0 Å². The minimum atomic E-state index is -1.07. The smallest absolute Gasteiger partial charge is 0.274 e. The van der Waals surface area contributed by atoms with Gasteiger partial charge in [-0.15, -0.1) is 0 Å². The molecule has 7 unspecified atom stereocenters. The average molecular weight is 855 g/mol. The summed E-state index contributed by atoms with van der Waals surface area (Å²) in [7, 11) is 0. The van der Waals surface area contributed by atoms with E-state index in [1.54, 1.807) is 23.6 Å². The quantitative estimate of drug-likeness (QED) is 0.285. The number of amides is 6. The van der Waals surface area contributed by atoms with Gasteiger partial charge in [0.1, 0.15) is 60.6 Å². The van der Waals surface area contributed by atoms with E-state index in [1.807, 2.05) is 58.0 Å². The summed E-state index contributed by atoms with van der Waals surface area (Å²) in [6, 6.07) is 2.28. The normalized spacial score (nSPS) is 25.6. The van der Waals surface area contributed by atoms with Gasteiger partial charge >= 0.3 is 0 Å². The fourth-order valence-corrected chi connectivity index (χ4v) is 8.78. The zero-order valence-corrected chi connectivity index (χ0v) is 36.4. The predicted octanol–water partition coefficient (Wildman–Crippen LogP) is 4.34. The van der Waals surface area contributed by atoms with Crippen LogP contribution in [0.4, 0.5) is 0 Å². The molecule has 0 saturated carbocycles. The van der Waals surface area contributed by atoms with Crippen LogP contribution in [0.2, 0.25) is 0 Å². The van der Waals surface area contributed by atoms with Crippen molar-refractivity contribution in [2.75, 3.05) is 26.2 Å². The van der Waals surface area contributed by atoms with Crippen molar-refractivity contribution < 1.29 is 42.3 Å². The van der Waals surface area contributed by atoms with E-state index < -0.39 is 54.0 Å². The van der Waals surface area contributed by atoms with Gasteiger partial charge in [0.05, 0.1) is 0 Å². The van der Waals surface area contributed by atoms with E-state index in [1.165, 1.54) is 11.2 Å². The zero-order chi connectivity index (χ0) is 44.2. The number of oxazole rings is 2. The molecule has 4 aliphatic rings. The number of hydrogen-bond donors (Lipinski definition) is 3. The number of ether oxygens (including phenoxy) is 1. The molecule has 17 nitrogen and oxygen atoms in total. The van der Waals surface area contributed by atoms with E-state index in [2.05, 4.69) is 25.9 Å². The maximum absolute atomic E-state index is 14.7. The van der Waals surface area contributed by atoms with Crippen LogP contribution < -0.4 is 20.7 Å². The van der Waals surface area contributed by atoms with E-state index in [-0.39, 0.29) is 59.0 Å². The monoisotopic (exact) mass is 854 g/mol. The van der Waals surface area contributed by atoms with Gasteiger partial charge in [0.15, 0.2) is 11.4 Å². The summed E-state index contributed by atoms with van der Waals surface area (Å²) in [5.41, 5.74) is 1.79. The Bertz CT molecular complexity index is 2190. The molecule has 332 valence electrons. The Morgan fingerprint density at radius 3 is 2.15 bits per heavy atom. The molecule has 62 heavy (non-hydrogen) atoms. The second kappa shape index (κ2) is 18.9. The van der Waals surface area contributed by atoms with Gasteiger partial charge in [-0.25, -0.2) is 9.97 Å². The lowest BCUT2D eigenvalue weighted by Crippen LogP contribution is -2.56. The van der Waals surface area contributed by atoms with Crippen LogP contribution in [0.15, 0.2) is 51.0 Å². The predicted molar refractivity (Wildman–Crippen MR) is 224 cm³/mol. The van der Waals surface area contributed by atoms with Gasteiger partial charge in [-0.05, 0) is 95.9 Å². The fraction of sp³-hybridized carbons (Fsp3) is 0.556. The van der Waals surface area contributed by atoms with Crippen molar-refractivity contribution in [2.45, 2.75) is 129 Å². The van der Waals surface area contributed by atoms with Crippen molar-refractivity contribution in [3.63, 3.8) is 0 Å². The molecule has 7 atom stereocenters. The molecular weight excluding hydrogens is 797 g/mol. The highest BCUT2D eigenvalue weighted by molar-refractivity contribution is 5.98. The van der Waals surface area contributed by atoms with Gasteiger partial charge in [-0.3, -0.25) is 28.8 Å². The molecule has 2 aromatic heterocycles. The van der Waals surface area contributed by atoms with Crippen molar-refractivity contribution in [2.24, 2.45) is 5.92 Å². The molecule has 4 bridgehead atoms. The molecule has 6 heterocycles. The number of carbonyl (C=O) groups is 6. The lowest BCUT2D eigenvalue weighted by molar-refractivity contribution is -0.147. The lowest BCUT2D eigenvalue weighted by atomic mass is 9.98. The second-order valence-corrected chi connectivity index (χ2v) is 17.1. The number of aryl methyl sites for hydroxylation is 1. The molecule has 1 aromatic carbocycles. The van der Waals surface area contributed by atoms with Crippen LogP contribution in [0.5, 0.6) is 5.75 Å². The van der Waals surface area contributed by atoms with Crippen molar-refractivity contribution in [1.29, 1.82) is 0 Å². The van der Waals surface area contributed by atoms with Crippen LogP contribution in [0, 0.1) is 12.8 Å². The van der Waals surface area contributed by atoms with Crippen molar-refractivity contribution in [1.82, 2.24) is 40.6 Å². The molecule has 3 saturated heterocycles. The Kier molecular flexibility index (Phi) is 13.5. The summed E-state index contributed by atoms with van der Waals surface area (Å²) in [6.45, 7) is 12.5. The minimum absolute atomic E-state index is 0.0305. The van der Waals surface area contributed by atoms with Crippen molar-refractivity contribution >= 4 is 35.4 Å². The van der Waals surface area contributed by atoms with Crippen molar-refractivity contribution in [3.05, 3.63) is 76.7 Å². The number of aromatic nitrogens is 2. The lowest BCUT2D eigenvalue weighted by Gasteiger charge is -2.33. The maximum Gasteiger partial charge on any atom is 0.274 e. The van der Waals surface area contributed by atoms with Crippen LogP contribution in [0.3, 0.4) is 0 Å². The van der Waals surface area contributed by atoms with E-state index in [9.17, 15) is 28.8 Å². The Labute approximate surface area is 361 Å². The van der Waals surface area contributed by atoms with E-state index in [0.717, 1.165) is 11.1 Å². The molecule has 3 aromatic rings. The van der Waals surface area contributed by atoms with Gasteiger partial charge < -0.3 is 44.2 Å². The molecule has 6 amide bonds. The molecule has 3 N–H and O–H groups in total.